The molecule has 0 spiro atoms. The number of anilines is 1. The van der Waals surface area contributed by atoms with Crippen molar-refractivity contribution in [2.45, 2.75) is 38.1 Å². The molecule has 0 bridgehead atoms. The molecule has 1 aliphatic heterocycles. The molecular formula is C26H30N4O5S. The van der Waals surface area contributed by atoms with E-state index >= 15 is 0 Å². The SMILES string of the molecule is CCOC(=O)N1CC[C@H](NS(=O)(=O)c2ccc(NC(=O)c3ncccc3C)c3ccccc23)[C@H](C)C1. The first-order valence-corrected chi connectivity index (χ1v) is 13.4. The van der Waals surface area contributed by atoms with Gasteiger partial charge in [-0.25, -0.2) is 17.9 Å². The molecule has 2 amide bonds. The van der Waals surface area contributed by atoms with Crippen molar-refractivity contribution in [3.8, 4) is 0 Å². The highest BCUT2D eigenvalue weighted by molar-refractivity contribution is 7.89. The molecule has 10 heteroatoms. The highest BCUT2D eigenvalue weighted by Gasteiger charge is 2.33. The van der Waals surface area contributed by atoms with Crippen molar-refractivity contribution in [1.82, 2.24) is 14.6 Å². The summed E-state index contributed by atoms with van der Waals surface area (Å²) in [5.74, 6) is -0.460. The molecule has 2 atom stereocenters. The van der Waals surface area contributed by atoms with Crippen molar-refractivity contribution in [3.05, 3.63) is 66.0 Å². The number of benzene rings is 2. The van der Waals surface area contributed by atoms with E-state index in [0.29, 0.717) is 48.3 Å². The Hall–Kier alpha value is -3.50. The molecule has 0 radical (unpaired) electrons. The zero-order chi connectivity index (χ0) is 25.9. The first-order chi connectivity index (χ1) is 17.2. The number of aromatic nitrogens is 1. The van der Waals surface area contributed by atoms with Crippen molar-refractivity contribution in [2.75, 3.05) is 25.0 Å². The largest absolute Gasteiger partial charge is 0.450 e. The van der Waals surface area contributed by atoms with Crippen LogP contribution in [0.3, 0.4) is 0 Å². The lowest BCUT2D eigenvalue weighted by atomic mass is 9.95. The van der Waals surface area contributed by atoms with Crippen molar-refractivity contribution in [1.29, 1.82) is 0 Å². The Labute approximate surface area is 210 Å². The van der Waals surface area contributed by atoms with Crippen LogP contribution in [0.1, 0.15) is 36.3 Å². The minimum atomic E-state index is -3.88. The van der Waals surface area contributed by atoms with Gasteiger partial charge in [0.25, 0.3) is 5.91 Å². The Balaban J connectivity index is 1.57. The number of rotatable bonds is 6. The van der Waals surface area contributed by atoms with Crippen LogP contribution in [-0.2, 0) is 14.8 Å². The summed E-state index contributed by atoms with van der Waals surface area (Å²) in [6.45, 7) is 6.59. The zero-order valence-electron chi connectivity index (χ0n) is 20.5. The summed E-state index contributed by atoms with van der Waals surface area (Å²) in [5.41, 5.74) is 1.55. The number of aryl methyl sites for hydroxylation is 1. The maximum Gasteiger partial charge on any atom is 0.409 e. The summed E-state index contributed by atoms with van der Waals surface area (Å²) in [6.07, 6.45) is 1.66. The van der Waals surface area contributed by atoms with Crippen molar-refractivity contribution in [3.63, 3.8) is 0 Å². The maximum atomic E-state index is 13.5. The van der Waals surface area contributed by atoms with Gasteiger partial charge in [-0.3, -0.25) is 9.78 Å². The van der Waals surface area contributed by atoms with Gasteiger partial charge in [-0.1, -0.05) is 37.3 Å². The summed E-state index contributed by atoms with van der Waals surface area (Å²) in [6, 6.07) is 13.4. The average Bonchev–Trinajstić information content (AvgIpc) is 2.85. The molecule has 190 valence electrons. The standard InChI is InChI=1S/C26H30N4O5S/c1-4-35-26(32)30-15-13-21(18(3)16-30)29-36(33,34)23-12-11-22(19-9-5-6-10-20(19)23)28-25(31)24-17(2)8-7-14-27-24/h5-12,14,18,21,29H,4,13,15-16H2,1-3H3,(H,28,31)/t18-,21+/m1/s1. The molecule has 0 unspecified atom stereocenters. The third-order valence-corrected chi connectivity index (χ3v) is 7.93. The van der Waals surface area contributed by atoms with Gasteiger partial charge in [-0.05, 0) is 49.9 Å². The molecule has 2 aromatic carbocycles. The molecular weight excluding hydrogens is 480 g/mol. The first-order valence-electron chi connectivity index (χ1n) is 11.9. The Morgan fingerprint density at radius 3 is 2.56 bits per heavy atom. The van der Waals surface area contributed by atoms with Crippen molar-refractivity contribution in [2.24, 2.45) is 5.92 Å². The number of hydrogen-bond donors (Lipinski definition) is 2. The van der Waals surface area contributed by atoms with Crippen LogP contribution in [0.15, 0.2) is 59.6 Å². The fourth-order valence-corrected chi connectivity index (χ4v) is 6.07. The number of fused-ring (bicyclic) bond motifs is 1. The predicted molar refractivity (Wildman–Crippen MR) is 137 cm³/mol. The van der Waals surface area contributed by atoms with E-state index in [1.807, 2.05) is 6.92 Å². The summed E-state index contributed by atoms with van der Waals surface area (Å²) in [7, 11) is -3.88. The molecule has 0 aliphatic carbocycles. The number of ether oxygens (including phenoxy) is 1. The number of pyridine rings is 1. The van der Waals surface area contributed by atoms with Gasteiger partial charge >= 0.3 is 6.09 Å². The number of nitrogens with one attached hydrogen (secondary N) is 2. The summed E-state index contributed by atoms with van der Waals surface area (Å²) < 4.78 is 34.8. The van der Waals surface area contributed by atoms with E-state index in [0.717, 1.165) is 5.56 Å². The number of carbonyl (C=O) groups excluding carboxylic acids is 2. The fraction of sp³-hybridized carbons (Fsp3) is 0.346. The van der Waals surface area contributed by atoms with Gasteiger partial charge in [-0.2, -0.15) is 0 Å². The van der Waals surface area contributed by atoms with Crippen molar-refractivity contribution >= 4 is 38.5 Å². The molecule has 2 N–H and O–H groups in total. The second kappa shape index (κ2) is 10.6. The number of amides is 2. The lowest BCUT2D eigenvalue weighted by Gasteiger charge is -2.36. The fourth-order valence-electron chi connectivity index (χ4n) is 4.48. The molecule has 3 aromatic rings. The molecule has 2 heterocycles. The van der Waals surface area contributed by atoms with Crippen LogP contribution < -0.4 is 10.0 Å². The minimum Gasteiger partial charge on any atom is -0.450 e. The number of nitrogens with zero attached hydrogens (tertiary/aromatic N) is 2. The highest BCUT2D eigenvalue weighted by Crippen LogP contribution is 2.31. The third-order valence-electron chi connectivity index (χ3n) is 6.38. The van der Waals surface area contributed by atoms with Crippen LogP contribution in [0.25, 0.3) is 10.8 Å². The Kier molecular flexibility index (Phi) is 7.56. The highest BCUT2D eigenvalue weighted by atomic mass is 32.2. The topological polar surface area (TPSA) is 118 Å². The lowest BCUT2D eigenvalue weighted by Crippen LogP contribution is -2.51. The van der Waals surface area contributed by atoms with Crippen LogP contribution in [0, 0.1) is 12.8 Å². The van der Waals surface area contributed by atoms with Gasteiger partial charge in [-0.15, -0.1) is 0 Å². The molecule has 1 aromatic heterocycles. The number of sulfonamides is 1. The average molecular weight is 511 g/mol. The van der Waals surface area contributed by atoms with Gasteiger partial charge in [0.05, 0.1) is 11.5 Å². The third kappa shape index (κ3) is 5.34. The van der Waals surface area contributed by atoms with Gasteiger partial charge in [0.1, 0.15) is 5.69 Å². The Morgan fingerprint density at radius 2 is 1.86 bits per heavy atom. The van der Waals surface area contributed by atoms with E-state index < -0.39 is 10.0 Å². The van der Waals surface area contributed by atoms with Gasteiger partial charge in [0.2, 0.25) is 10.0 Å². The van der Waals surface area contributed by atoms with Gasteiger partial charge in [0, 0.05) is 41.8 Å². The number of piperidine rings is 1. The molecule has 1 aliphatic rings. The molecule has 1 saturated heterocycles. The smallest absolute Gasteiger partial charge is 0.409 e. The Morgan fingerprint density at radius 1 is 1.11 bits per heavy atom. The summed E-state index contributed by atoms with van der Waals surface area (Å²) >= 11 is 0. The van der Waals surface area contributed by atoms with E-state index in [2.05, 4.69) is 15.0 Å². The molecule has 4 rings (SSSR count). The maximum absolute atomic E-state index is 13.5. The van der Waals surface area contributed by atoms with Crippen LogP contribution in [0.2, 0.25) is 0 Å². The van der Waals surface area contributed by atoms with Crippen LogP contribution in [0.4, 0.5) is 10.5 Å². The van der Waals surface area contributed by atoms with E-state index in [9.17, 15) is 18.0 Å². The summed E-state index contributed by atoms with van der Waals surface area (Å²) in [4.78, 5) is 30.8. The second-order valence-corrected chi connectivity index (χ2v) is 10.6. The van der Waals surface area contributed by atoms with Crippen LogP contribution in [-0.4, -0.2) is 56.0 Å². The molecule has 0 saturated carbocycles. The molecule has 36 heavy (non-hydrogen) atoms. The molecule has 1 fully saturated rings. The lowest BCUT2D eigenvalue weighted by molar-refractivity contribution is 0.0846. The van der Waals surface area contributed by atoms with E-state index in [1.165, 1.54) is 6.07 Å². The van der Waals surface area contributed by atoms with E-state index in [-0.39, 0.29) is 28.9 Å². The first kappa shape index (κ1) is 25.6. The van der Waals surface area contributed by atoms with Crippen LogP contribution in [0.5, 0.6) is 0 Å². The van der Waals surface area contributed by atoms with E-state index in [4.69, 9.17) is 4.74 Å². The number of carbonyl (C=O) groups is 2. The quantitative estimate of drug-likeness (QED) is 0.519. The normalized spacial score (nSPS) is 18.1. The van der Waals surface area contributed by atoms with Crippen LogP contribution >= 0.6 is 0 Å². The molecule has 9 nitrogen and oxygen atoms in total. The zero-order valence-corrected chi connectivity index (χ0v) is 21.3. The summed E-state index contributed by atoms with van der Waals surface area (Å²) in [5, 5.41) is 3.97. The number of likely N-dealkylation sites (tertiary alicyclic amines) is 1. The van der Waals surface area contributed by atoms with Gasteiger partial charge < -0.3 is 15.0 Å². The minimum absolute atomic E-state index is 0.0932. The van der Waals surface area contributed by atoms with Crippen molar-refractivity contribution < 1.29 is 22.7 Å². The second-order valence-electron chi connectivity index (χ2n) is 8.92. The number of hydrogen-bond acceptors (Lipinski definition) is 6. The van der Waals surface area contributed by atoms with E-state index in [1.54, 1.807) is 67.4 Å². The Bertz CT molecular complexity index is 1390. The predicted octanol–water partition coefficient (Wildman–Crippen LogP) is 3.94. The monoisotopic (exact) mass is 510 g/mol. The van der Waals surface area contributed by atoms with Gasteiger partial charge in [0.15, 0.2) is 0 Å².